The van der Waals surface area contributed by atoms with Crippen LogP contribution in [0, 0.1) is 0 Å². The molecule has 3 aromatic rings. The molecule has 0 radical (unpaired) electrons. The van der Waals surface area contributed by atoms with Crippen LogP contribution in [0.3, 0.4) is 0 Å². The van der Waals surface area contributed by atoms with Gasteiger partial charge in [0.25, 0.3) is 0 Å². The van der Waals surface area contributed by atoms with Crippen LogP contribution in [0.15, 0.2) is 60.7 Å². The lowest BCUT2D eigenvalue weighted by Crippen LogP contribution is -2.24. The molecule has 0 fully saturated rings. The molecule has 1 heterocycles. The van der Waals surface area contributed by atoms with Gasteiger partial charge in [-0.05, 0) is 42.5 Å². The molecule has 1 unspecified atom stereocenters. The lowest BCUT2D eigenvalue weighted by atomic mass is 10.0. The predicted octanol–water partition coefficient (Wildman–Crippen LogP) is 6.28. The topological polar surface area (TPSA) is 48.0 Å². The molecule has 168 valence electrons. The molecular formula is C26H30NO4P. The zero-order valence-electron chi connectivity index (χ0n) is 19.5. The lowest BCUT2D eigenvalue weighted by molar-refractivity contribution is 0.397. The summed E-state index contributed by atoms with van der Waals surface area (Å²) in [4.78, 5) is 2.16. The van der Waals surface area contributed by atoms with Crippen molar-refractivity contribution in [2.45, 2.75) is 25.9 Å². The number of rotatable bonds is 5. The van der Waals surface area contributed by atoms with E-state index in [0.717, 1.165) is 33.6 Å². The smallest absolute Gasteiger partial charge is 0.141 e. The number of ether oxygens (including phenoxy) is 3. The first-order chi connectivity index (χ1) is 15.2. The summed E-state index contributed by atoms with van der Waals surface area (Å²) in [5, 5.41) is 0.458. The number of nitrogens with zero attached hydrogens (tertiary/aromatic N) is 1. The van der Waals surface area contributed by atoms with Gasteiger partial charge < -0.3 is 23.7 Å². The van der Waals surface area contributed by atoms with Crippen molar-refractivity contribution in [1.82, 2.24) is 0 Å². The summed E-state index contributed by atoms with van der Waals surface area (Å²) >= 11 is 0. The van der Waals surface area contributed by atoms with Gasteiger partial charge in [0.2, 0.25) is 0 Å². The molecule has 1 aliphatic rings. The average molecular weight is 452 g/mol. The second-order valence-electron chi connectivity index (χ2n) is 8.89. The van der Waals surface area contributed by atoms with Crippen LogP contribution in [0.2, 0.25) is 0 Å². The summed E-state index contributed by atoms with van der Waals surface area (Å²) in [5.41, 5.74) is 3.67. The number of fused-ring (bicyclic) bond motifs is 1. The number of hydrogen-bond donors (Lipinski definition) is 0. The highest BCUT2D eigenvalue weighted by atomic mass is 31.2. The largest absolute Gasteiger partial charge is 0.497 e. The molecule has 0 aromatic heterocycles. The third-order valence-electron chi connectivity index (χ3n) is 6.17. The van der Waals surface area contributed by atoms with E-state index in [-0.39, 0.29) is 0 Å². The summed E-state index contributed by atoms with van der Waals surface area (Å²) in [6, 6.07) is 19.7. The SMILES string of the molecule is COc1ccc(N2CP(=O)(C(C)(C)C)c3c(-c4c(OC)cccc4OC)cccc32)cc1. The van der Waals surface area contributed by atoms with Gasteiger partial charge in [0.15, 0.2) is 0 Å². The Morgan fingerprint density at radius 3 is 1.94 bits per heavy atom. The van der Waals surface area contributed by atoms with Crippen LogP contribution < -0.4 is 24.4 Å². The van der Waals surface area contributed by atoms with Crippen LogP contribution in [0.4, 0.5) is 11.4 Å². The van der Waals surface area contributed by atoms with Gasteiger partial charge in [-0.1, -0.05) is 39.0 Å². The Bertz CT molecular complexity index is 1160. The number of hydrogen-bond acceptors (Lipinski definition) is 5. The Hall–Kier alpha value is -2.91. The minimum Gasteiger partial charge on any atom is -0.497 e. The first-order valence-electron chi connectivity index (χ1n) is 10.6. The molecule has 0 bridgehead atoms. The number of methoxy groups -OCH3 is 3. The fraction of sp³-hybridized carbons (Fsp3) is 0.308. The molecule has 4 rings (SSSR count). The Morgan fingerprint density at radius 2 is 1.41 bits per heavy atom. The Balaban J connectivity index is 2.01. The molecule has 0 aliphatic carbocycles. The quantitative estimate of drug-likeness (QED) is 0.428. The van der Waals surface area contributed by atoms with E-state index >= 15 is 0 Å². The van der Waals surface area contributed by atoms with Crippen molar-refractivity contribution in [3.63, 3.8) is 0 Å². The Kier molecular flexibility index (Phi) is 5.72. The first-order valence-corrected chi connectivity index (χ1v) is 12.5. The number of benzene rings is 3. The highest BCUT2D eigenvalue weighted by Gasteiger charge is 2.48. The van der Waals surface area contributed by atoms with E-state index in [4.69, 9.17) is 14.2 Å². The Morgan fingerprint density at radius 1 is 0.812 bits per heavy atom. The van der Waals surface area contributed by atoms with E-state index in [1.54, 1.807) is 21.3 Å². The molecule has 32 heavy (non-hydrogen) atoms. The molecular weight excluding hydrogens is 421 g/mol. The van der Waals surface area contributed by atoms with Gasteiger partial charge in [0.1, 0.15) is 24.4 Å². The van der Waals surface area contributed by atoms with Gasteiger partial charge in [0.05, 0.1) is 38.9 Å². The average Bonchev–Trinajstić information content (AvgIpc) is 3.12. The Labute approximate surface area is 190 Å². The molecule has 5 nitrogen and oxygen atoms in total. The van der Waals surface area contributed by atoms with Gasteiger partial charge in [-0.25, -0.2) is 0 Å². The summed E-state index contributed by atoms with van der Waals surface area (Å²) in [7, 11) is 2.08. The molecule has 0 saturated carbocycles. The molecule has 3 aromatic carbocycles. The maximum atomic E-state index is 14.8. The molecule has 0 saturated heterocycles. The summed E-state index contributed by atoms with van der Waals surface area (Å²) < 4.78 is 31.5. The maximum Gasteiger partial charge on any atom is 0.141 e. The van der Waals surface area contributed by atoms with Gasteiger partial charge in [0, 0.05) is 21.7 Å². The second-order valence-corrected chi connectivity index (χ2v) is 12.4. The van der Waals surface area contributed by atoms with E-state index < -0.39 is 12.3 Å². The van der Waals surface area contributed by atoms with Crippen LogP contribution in [-0.2, 0) is 4.57 Å². The van der Waals surface area contributed by atoms with Crippen LogP contribution >= 0.6 is 7.14 Å². The fourth-order valence-electron chi connectivity index (χ4n) is 4.32. The molecule has 1 atom stereocenters. The normalized spacial score (nSPS) is 17.8. The van der Waals surface area contributed by atoms with Gasteiger partial charge in [-0.2, -0.15) is 0 Å². The van der Waals surface area contributed by atoms with Crippen molar-refractivity contribution in [3.05, 3.63) is 60.7 Å². The van der Waals surface area contributed by atoms with Crippen molar-refractivity contribution in [1.29, 1.82) is 0 Å². The molecule has 0 spiro atoms. The highest BCUT2D eigenvalue weighted by Crippen LogP contribution is 2.65. The third-order valence-corrected chi connectivity index (χ3v) is 10.2. The van der Waals surface area contributed by atoms with E-state index in [1.165, 1.54) is 0 Å². The fourth-order valence-corrected chi connectivity index (χ4v) is 7.41. The van der Waals surface area contributed by atoms with Crippen LogP contribution in [0.5, 0.6) is 17.2 Å². The van der Waals surface area contributed by atoms with E-state index in [0.29, 0.717) is 17.8 Å². The number of anilines is 2. The summed E-state index contributed by atoms with van der Waals surface area (Å²) in [6.45, 7) is 6.18. The standard InChI is InChI=1S/C26H30NO4P/c1-26(2,3)32(28)17-27(18-13-15-19(29-4)16-14-18)21-10-7-9-20(25(21)32)24-22(30-5)11-8-12-23(24)31-6/h7-16H,17H2,1-6H3. The summed E-state index contributed by atoms with van der Waals surface area (Å²) in [6.07, 6.45) is 0.437. The third kappa shape index (κ3) is 3.45. The molecule has 6 heteroatoms. The van der Waals surface area contributed by atoms with Crippen LogP contribution in [-0.4, -0.2) is 32.8 Å². The first kappa shape index (κ1) is 22.3. The monoisotopic (exact) mass is 451 g/mol. The van der Waals surface area contributed by atoms with Crippen molar-refractivity contribution >= 4 is 23.8 Å². The van der Waals surface area contributed by atoms with Gasteiger partial charge in [-0.15, -0.1) is 0 Å². The van der Waals surface area contributed by atoms with Crippen LogP contribution in [0.25, 0.3) is 11.1 Å². The summed E-state index contributed by atoms with van der Waals surface area (Å²) in [5.74, 6) is 2.18. The van der Waals surface area contributed by atoms with E-state index in [2.05, 4.69) is 31.7 Å². The zero-order valence-corrected chi connectivity index (χ0v) is 20.4. The van der Waals surface area contributed by atoms with Crippen molar-refractivity contribution in [2.24, 2.45) is 0 Å². The maximum absolute atomic E-state index is 14.8. The van der Waals surface area contributed by atoms with Crippen molar-refractivity contribution in [3.8, 4) is 28.4 Å². The van der Waals surface area contributed by atoms with E-state index in [9.17, 15) is 4.57 Å². The van der Waals surface area contributed by atoms with Crippen molar-refractivity contribution in [2.75, 3.05) is 32.5 Å². The molecule has 0 N–H and O–H groups in total. The highest BCUT2D eigenvalue weighted by molar-refractivity contribution is 7.74. The molecule has 1 aliphatic heterocycles. The lowest BCUT2D eigenvalue weighted by Gasteiger charge is -2.30. The molecule has 0 amide bonds. The zero-order chi connectivity index (χ0) is 23.1. The van der Waals surface area contributed by atoms with Gasteiger partial charge >= 0.3 is 0 Å². The minimum atomic E-state index is -2.86. The predicted molar refractivity (Wildman–Crippen MR) is 132 cm³/mol. The minimum absolute atomic E-state index is 0.422. The van der Waals surface area contributed by atoms with Gasteiger partial charge in [-0.3, -0.25) is 0 Å². The van der Waals surface area contributed by atoms with E-state index in [1.807, 2.05) is 54.6 Å². The van der Waals surface area contributed by atoms with Crippen molar-refractivity contribution < 1.29 is 18.8 Å². The van der Waals surface area contributed by atoms with Crippen LogP contribution in [0.1, 0.15) is 20.8 Å². The second kappa shape index (κ2) is 8.22.